The Balaban J connectivity index is 1.87. The molecule has 0 bridgehead atoms. The summed E-state index contributed by atoms with van der Waals surface area (Å²) in [6.45, 7) is 4.04. The Kier molecular flexibility index (Phi) is 5.80. The largest absolute Gasteiger partial charge is 0.469 e. The van der Waals surface area contributed by atoms with Crippen LogP contribution in [0.15, 0.2) is 30.3 Å². The molecule has 1 saturated carbocycles. The van der Waals surface area contributed by atoms with E-state index in [0.29, 0.717) is 0 Å². The molecule has 1 aliphatic rings. The summed E-state index contributed by atoms with van der Waals surface area (Å²) in [6.07, 6.45) is 4.34. The van der Waals surface area contributed by atoms with E-state index in [-0.39, 0.29) is 41.8 Å². The van der Waals surface area contributed by atoms with Crippen molar-refractivity contribution in [1.29, 1.82) is 0 Å². The van der Waals surface area contributed by atoms with Gasteiger partial charge in [-0.05, 0) is 36.3 Å². The first-order valence-corrected chi connectivity index (χ1v) is 9.69. The zero-order valence-electron chi connectivity index (χ0n) is 16.0. The lowest BCUT2D eigenvalue weighted by Crippen LogP contribution is -2.34. The first-order chi connectivity index (χ1) is 12.5. The van der Waals surface area contributed by atoms with E-state index in [1.54, 1.807) is 0 Å². The Bertz CT molecular complexity index is 744. The molecular formula is C22H29NO3. The molecule has 26 heavy (non-hydrogen) atoms. The van der Waals surface area contributed by atoms with Gasteiger partial charge in [-0.3, -0.25) is 9.59 Å². The number of rotatable bonds is 6. The minimum Gasteiger partial charge on any atom is -0.469 e. The van der Waals surface area contributed by atoms with E-state index in [4.69, 9.17) is 4.74 Å². The second-order valence-electron chi connectivity index (χ2n) is 7.84. The zero-order chi connectivity index (χ0) is 18.7. The third kappa shape index (κ3) is 3.84. The van der Waals surface area contributed by atoms with Gasteiger partial charge in [-0.25, -0.2) is 0 Å². The number of carbonyl (C=O) groups excluding carboxylic acids is 2. The Hall–Kier alpha value is -2.10. The Labute approximate surface area is 155 Å². The van der Waals surface area contributed by atoms with Gasteiger partial charge in [-0.15, -0.1) is 0 Å². The maximum atomic E-state index is 13.4. The van der Waals surface area contributed by atoms with E-state index in [2.05, 4.69) is 23.2 Å². The smallest absolute Gasteiger partial charge is 0.306 e. The Morgan fingerprint density at radius 1 is 1.19 bits per heavy atom. The van der Waals surface area contributed by atoms with Crippen LogP contribution in [0, 0.1) is 17.8 Å². The van der Waals surface area contributed by atoms with Crippen LogP contribution in [-0.2, 0) is 14.3 Å². The van der Waals surface area contributed by atoms with Crippen LogP contribution in [0.2, 0.25) is 0 Å². The second kappa shape index (κ2) is 8.07. The molecule has 3 rings (SSSR count). The lowest BCUT2D eigenvalue weighted by atomic mass is 9.70. The van der Waals surface area contributed by atoms with Crippen LogP contribution < -0.4 is 0 Å². The molecule has 0 spiro atoms. The van der Waals surface area contributed by atoms with Crippen molar-refractivity contribution in [3.8, 4) is 0 Å². The normalized spacial score (nSPS) is 21.7. The SMILES string of the molecule is COC(=O)C[C@H](C(=O)C1CCCC[C@H]1c1cc2ccccc2[nH]1)C(C)C. The minimum atomic E-state index is -0.296. The van der Waals surface area contributed by atoms with Crippen molar-refractivity contribution in [3.05, 3.63) is 36.0 Å². The fourth-order valence-electron chi connectivity index (χ4n) is 4.34. The lowest BCUT2D eigenvalue weighted by molar-refractivity contribution is -0.145. The third-order valence-corrected chi connectivity index (χ3v) is 5.87. The second-order valence-corrected chi connectivity index (χ2v) is 7.84. The van der Waals surface area contributed by atoms with Gasteiger partial charge in [-0.2, -0.15) is 0 Å². The van der Waals surface area contributed by atoms with Gasteiger partial charge in [-0.1, -0.05) is 44.9 Å². The maximum absolute atomic E-state index is 13.4. The number of hydrogen-bond acceptors (Lipinski definition) is 3. The molecule has 1 heterocycles. The van der Waals surface area contributed by atoms with Crippen molar-refractivity contribution < 1.29 is 14.3 Å². The quantitative estimate of drug-likeness (QED) is 0.754. The topological polar surface area (TPSA) is 59.2 Å². The van der Waals surface area contributed by atoms with Gasteiger partial charge in [0.25, 0.3) is 0 Å². The number of carbonyl (C=O) groups is 2. The average molecular weight is 355 g/mol. The highest BCUT2D eigenvalue weighted by molar-refractivity contribution is 5.88. The molecule has 3 atom stereocenters. The average Bonchev–Trinajstić information content (AvgIpc) is 3.09. The summed E-state index contributed by atoms with van der Waals surface area (Å²) < 4.78 is 4.82. The number of methoxy groups -OCH3 is 1. The number of nitrogens with one attached hydrogen (secondary N) is 1. The highest BCUT2D eigenvalue weighted by Crippen LogP contribution is 2.41. The zero-order valence-corrected chi connectivity index (χ0v) is 16.0. The minimum absolute atomic E-state index is 0.0196. The summed E-state index contributed by atoms with van der Waals surface area (Å²) in [5, 5.41) is 1.19. The molecule has 0 saturated heterocycles. The van der Waals surface area contributed by atoms with Crippen LogP contribution in [0.25, 0.3) is 10.9 Å². The predicted molar refractivity (Wildman–Crippen MR) is 103 cm³/mol. The molecule has 4 heteroatoms. The van der Waals surface area contributed by atoms with Crippen LogP contribution in [0.4, 0.5) is 0 Å². The van der Waals surface area contributed by atoms with Gasteiger partial charge in [0.2, 0.25) is 0 Å². The van der Waals surface area contributed by atoms with Crippen LogP contribution >= 0.6 is 0 Å². The fraction of sp³-hybridized carbons (Fsp3) is 0.545. The summed E-state index contributed by atoms with van der Waals surface area (Å²) in [5.41, 5.74) is 2.28. The van der Waals surface area contributed by atoms with E-state index >= 15 is 0 Å². The number of aromatic amines is 1. The van der Waals surface area contributed by atoms with E-state index < -0.39 is 0 Å². The van der Waals surface area contributed by atoms with Crippen molar-refractivity contribution in [2.45, 2.75) is 51.9 Å². The summed E-state index contributed by atoms with van der Waals surface area (Å²) in [7, 11) is 1.39. The van der Waals surface area contributed by atoms with Crippen molar-refractivity contribution in [2.24, 2.45) is 17.8 Å². The molecule has 0 amide bonds. The van der Waals surface area contributed by atoms with Crippen molar-refractivity contribution >= 4 is 22.7 Å². The van der Waals surface area contributed by atoms with Gasteiger partial charge >= 0.3 is 5.97 Å². The summed E-state index contributed by atoms with van der Waals surface area (Å²) >= 11 is 0. The monoisotopic (exact) mass is 355 g/mol. The van der Waals surface area contributed by atoms with Gasteiger partial charge in [0.05, 0.1) is 13.5 Å². The number of fused-ring (bicyclic) bond motifs is 1. The predicted octanol–water partition coefficient (Wildman–Crippen LogP) is 4.85. The number of benzene rings is 1. The van der Waals surface area contributed by atoms with Crippen molar-refractivity contribution in [2.75, 3.05) is 7.11 Å². The van der Waals surface area contributed by atoms with Gasteiger partial charge in [0, 0.05) is 29.0 Å². The highest BCUT2D eigenvalue weighted by atomic mass is 16.5. The van der Waals surface area contributed by atoms with Crippen molar-refractivity contribution in [1.82, 2.24) is 4.98 Å². The van der Waals surface area contributed by atoms with Crippen LogP contribution in [0.1, 0.15) is 57.6 Å². The van der Waals surface area contributed by atoms with E-state index in [0.717, 1.165) is 36.9 Å². The third-order valence-electron chi connectivity index (χ3n) is 5.87. The number of hydrogen-bond donors (Lipinski definition) is 1. The van der Waals surface area contributed by atoms with Gasteiger partial charge in [0.1, 0.15) is 5.78 Å². The molecule has 0 aliphatic heterocycles. The molecule has 1 aromatic heterocycles. The molecule has 0 radical (unpaired) electrons. The van der Waals surface area contributed by atoms with Crippen LogP contribution in [0.3, 0.4) is 0 Å². The number of H-pyrrole nitrogens is 1. The Morgan fingerprint density at radius 3 is 2.62 bits per heavy atom. The van der Waals surface area contributed by atoms with Gasteiger partial charge < -0.3 is 9.72 Å². The number of para-hydroxylation sites is 1. The maximum Gasteiger partial charge on any atom is 0.306 e. The summed E-state index contributed by atoms with van der Waals surface area (Å²) in [5.74, 6) is -0.00971. The van der Waals surface area contributed by atoms with Gasteiger partial charge in [0.15, 0.2) is 0 Å². The number of Topliss-reactive ketones (excluding diaryl/α,β-unsaturated/α-hetero) is 1. The highest BCUT2D eigenvalue weighted by Gasteiger charge is 2.38. The number of ether oxygens (including phenoxy) is 1. The first-order valence-electron chi connectivity index (χ1n) is 9.69. The van der Waals surface area contributed by atoms with E-state index in [9.17, 15) is 9.59 Å². The fourth-order valence-corrected chi connectivity index (χ4v) is 4.34. The van der Waals surface area contributed by atoms with E-state index in [1.807, 2.05) is 26.0 Å². The molecule has 4 nitrogen and oxygen atoms in total. The molecule has 1 fully saturated rings. The molecule has 2 aromatic rings. The molecule has 1 unspecified atom stereocenters. The number of esters is 1. The summed E-state index contributed by atoms with van der Waals surface area (Å²) in [6, 6.07) is 10.4. The molecule has 1 N–H and O–H groups in total. The molecule has 1 aromatic carbocycles. The molecular weight excluding hydrogens is 326 g/mol. The standard InChI is InChI=1S/C22H29NO3/c1-14(2)18(13-21(24)26-3)22(25)17-10-6-5-9-16(17)20-12-15-8-4-7-11-19(15)23-20/h4,7-8,11-12,14,16-18,23H,5-6,9-10,13H2,1-3H3/t16-,17?,18+/m1/s1. The van der Waals surface area contributed by atoms with Crippen LogP contribution in [0.5, 0.6) is 0 Å². The van der Waals surface area contributed by atoms with E-state index in [1.165, 1.54) is 12.5 Å². The number of aromatic nitrogens is 1. The Morgan fingerprint density at radius 2 is 1.92 bits per heavy atom. The first kappa shape index (κ1) is 18.7. The lowest BCUT2D eigenvalue weighted by Gasteiger charge is -2.33. The number of ketones is 1. The van der Waals surface area contributed by atoms with Crippen molar-refractivity contribution in [3.63, 3.8) is 0 Å². The van der Waals surface area contributed by atoms with Crippen LogP contribution in [-0.4, -0.2) is 23.8 Å². The summed E-state index contributed by atoms with van der Waals surface area (Å²) in [4.78, 5) is 28.7. The molecule has 140 valence electrons. The molecule has 1 aliphatic carbocycles.